The molecule has 0 aliphatic carbocycles. The van der Waals surface area contributed by atoms with Crippen LogP contribution in [-0.2, 0) is 0 Å². The van der Waals surface area contributed by atoms with Gasteiger partial charge in [-0.25, -0.2) is 4.98 Å². The average Bonchev–Trinajstić information content (AvgIpc) is 2.74. The minimum Gasteiger partial charge on any atom is -0.441 e. The number of nitrogens with one attached hydrogen (secondary N) is 2. The van der Waals surface area contributed by atoms with E-state index in [1.807, 2.05) is 27.1 Å². The Morgan fingerprint density at radius 2 is 2.17 bits per heavy atom. The predicted octanol–water partition coefficient (Wildman–Crippen LogP) is 2.40. The molecule has 1 aromatic carbocycles. The highest BCUT2D eigenvalue weighted by atomic mass is 16.3. The Kier molecular flexibility index (Phi) is 4.33. The number of rotatable bonds is 6. The van der Waals surface area contributed by atoms with Gasteiger partial charge in [0.1, 0.15) is 5.52 Å². The number of hydrogen-bond acceptors (Lipinski definition) is 4. The lowest BCUT2D eigenvalue weighted by molar-refractivity contribution is 0.516. The van der Waals surface area contributed by atoms with Crippen LogP contribution in [0.1, 0.15) is 30.3 Å². The molecule has 0 fully saturated rings. The summed E-state index contributed by atoms with van der Waals surface area (Å²) < 4.78 is 5.58. The summed E-state index contributed by atoms with van der Waals surface area (Å²) in [6.45, 7) is 2.92. The molecule has 1 heterocycles. The molecule has 1 atom stereocenters. The Bertz CT molecular complexity index is 507. The second-order valence-corrected chi connectivity index (χ2v) is 4.55. The summed E-state index contributed by atoms with van der Waals surface area (Å²) in [5.41, 5.74) is 3.07. The monoisotopic (exact) mass is 247 g/mol. The van der Waals surface area contributed by atoms with Gasteiger partial charge < -0.3 is 15.1 Å². The zero-order valence-electron chi connectivity index (χ0n) is 11.3. The Balaban J connectivity index is 2.16. The van der Waals surface area contributed by atoms with Crippen molar-refractivity contribution in [3.05, 3.63) is 29.7 Å². The zero-order chi connectivity index (χ0) is 13.0. The molecular formula is C14H21N3O. The van der Waals surface area contributed by atoms with Crippen molar-refractivity contribution in [2.45, 2.75) is 25.8 Å². The molecular weight excluding hydrogens is 226 g/mol. The van der Waals surface area contributed by atoms with Crippen LogP contribution in [0.15, 0.2) is 22.6 Å². The summed E-state index contributed by atoms with van der Waals surface area (Å²) in [7, 11) is 3.98. The van der Waals surface area contributed by atoms with Crippen LogP contribution in [0.5, 0.6) is 0 Å². The molecule has 4 nitrogen and oxygen atoms in total. The number of hydrogen-bond donors (Lipinski definition) is 2. The number of oxazole rings is 1. The fourth-order valence-corrected chi connectivity index (χ4v) is 2.23. The van der Waals surface area contributed by atoms with E-state index in [9.17, 15) is 0 Å². The summed E-state index contributed by atoms with van der Waals surface area (Å²) in [6, 6.07) is 6.62. The van der Waals surface area contributed by atoms with Crippen molar-refractivity contribution < 1.29 is 4.42 Å². The SMILES string of the molecule is CNCCCC(NC)c1ccc2nc(C)oc2c1. The molecule has 0 aliphatic rings. The summed E-state index contributed by atoms with van der Waals surface area (Å²) in [4.78, 5) is 4.32. The van der Waals surface area contributed by atoms with E-state index >= 15 is 0 Å². The third-order valence-corrected chi connectivity index (χ3v) is 3.19. The molecule has 1 aromatic heterocycles. The van der Waals surface area contributed by atoms with Gasteiger partial charge in [-0.15, -0.1) is 0 Å². The maximum absolute atomic E-state index is 5.58. The number of nitrogens with zero attached hydrogens (tertiary/aromatic N) is 1. The normalized spacial score (nSPS) is 13.1. The molecule has 4 heteroatoms. The highest BCUT2D eigenvalue weighted by Gasteiger charge is 2.11. The first-order valence-corrected chi connectivity index (χ1v) is 6.43. The molecule has 2 rings (SSSR count). The van der Waals surface area contributed by atoms with Crippen LogP contribution in [0.2, 0.25) is 0 Å². The quantitative estimate of drug-likeness (QED) is 0.770. The summed E-state index contributed by atoms with van der Waals surface area (Å²) in [5, 5.41) is 6.53. The van der Waals surface area contributed by atoms with Gasteiger partial charge in [0, 0.05) is 13.0 Å². The molecule has 98 valence electrons. The maximum Gasteiger partial charge on any atom is 0.192 e. The van der Waals surface area contributed by atoms with Crippen molar-refractivity contribution in [2.75, 3.05) is 20.6 Å². The highest BCUT2D eigenvalue weighted by molar-refractivity contribution is 5.73. The molecule has 0 radical (unpaired) electrons. The first-order valence-electron chi connectivity index (χ1n) is 6.43. The van der Waals surface area contributed by atoms with Crippen LogP contribution in [-0.4, -0.2) is 25.6 Å². The van der Waals surface area contributed by atoms with Gasteiger partial charge >= 0.3 is 0 Å². The standard InChI is InChI=1S/C14H21N3O/c1-10-17-13-7-6-11(9-14(13)18-10)12(16-3)5-4-8-15-2/h6-7,9,12,15-16H,4-5,8H2,1-3H3. The minimum absolute atomic E-state index is 0.369. The van der Waals surface area contributed by atoms with Gasteiger partial charge in [0.25, 0.3) is 0 Å². The first kappa shape index (κ1) is 13.1. The summed E-state index contributed by atoms with van der Waals surface area (Å²) in [5.74, 6) is 0.721. The second kappa shape index (κ2) is 5.98. The van der Waals surface area contributed by atoms with Gasteiger partial charge in [0.2, 0.25) is 0 Å². The van der Waals surface area contributed by atoms with E-state index < -0.39 is 0 Å². The lowest BCUT2D eigenvalue weighted by atomic mass is 10.0. The van der Waals surface area contributed by atoms with Crippen LogP contribution in [0, 0.1) is 6.92 Å². The number of fused-ring (bicyclic) bond motifs is 1. The molecule has 2 N–H and O–H groups in total. The van der Waals surface area contributed by atoms with E-state index in [2.05, 4.69) is 27.8 Å². The smallest absolute Gasteiger partial charge is 0.192 e. The Labute approximate surface area is 108 Å². The third kappa shape index (κ3) is 2.89. The van der Waals surface area contributed by atoms with Gasteiger partial charge in [0.15, 0.2) is 11.5 Å². The molecule has 1 unspecified atom stereocenters. The van der Waals surface area contributed by atoms with Crippen molar-refractivity contribution >= 4 is 11.1 Å². The first-order chi connectivity index (χ1) is 8.74. The molecule has 0 saturated carbocycles. The molecule has 0 aliphatic heterocycles. The van der Waals surface area contributed by atoms with Crippen molar-refractivity contribution in [1.82, 2.24) is 15.6 Å². The Hall–Kier alpha value is -1.39. The van der Waals surface area contributed by atoms with E-state index in [1.165, 1.54) is 5.56 Å². The fraction of sp³-hybridized carbons (Fsp3) is 0.500. The Morgan fingerprint density at radius 1 is 1.33 bits per heavy atom. The predicted molar refractivity (Wildman–Crippen MR) is 73.7 cm³/mol. The van der Waals surface area contributed by atoms with Crippen LogP contribution in [0.3, 0.4) is 0 Å². The highest BCUT2D eigenvalue weighted by Crippen LogP contribution is 2.23. The van der Waals surface area contributed by atoms with E-state index in [-0.39, 0.29) is 0 Å². The van der Waals surface area contributed by atoms with Crippen LogP contribution in [0.4, 0.5) is 0 Å². The van der Waals surface area contributed by atoms with Gasteiger partial charge in [-0.05, 0) is 51.2 Å². The minimum atomic E-state index is 0.369. The Morgan fingerprint density at radius 3 is 2.89 bits per heavy atom. The van der Waals surface area contributed by atoms with Crippen molar-refractivity contribution in [1.29, 1.82) is 0 Å². The molecule has 2 aromatic rings. The van der Waals surface area contributed by atoms with Gasteiger partial charge in [-0.1, -0.05) is 6.07 Å². The van der Waals surface area contributed by atoms with Gasteiger partial charge in [0.05, 0.1) is 0 Å². The maximum atomic E-state index is 5.58. The topological polar surface area (TPSA) is 50.1 Å². The zero-order valence-corrected chi connectivity index (χ0v) is 11.3. The molecule has 0 bridgehead atoms. The summed E-state index contributed by atoms with van der Waals surface area (Å²) in [6.07, 6.45) is 2.26. The van der Waals surface area contributed by atoms with Crippen molar-refractivity contribution in [3.8, 4) is 0 Å². The lowest BCUT2D eigenvalue weighted by Crippen LogP contribution is -2.18. The van der Waals surface area contributed by atoms with E-state index in [4.69, 9.17) is 4.42 Å². The number of aryl methyl sites for hydroxylation is 1. The van der Waals surface area contributed by atoms with Gasteiger partial charge in [-0.2, -0.15) is 0 Å². The molecule has 0 spiro atoms. The van der Waals surface area contributed by atoms with Crippen LogP contribution < -0.4 is 10.6 Å². The average molecular weight is 247 g/mol. The van der Waals surface area contributed by atoms with E-state index in [1.54, 1.807) is 0 Å². The number of aromatic nitrogens is 1. The lowest BCUT2D eigenvalue weighted by Gasteiger charge is -2.16. The van der Waals surface area contributed by atoms with Crippen LogP contribution in [0.25, 0.3) is 11.1 Å². The molecule has 18 heavy (non-hydrogen) atoms. The largest absolute Gasteiger partial charge is 0.441 e. The molecule has 0 saturated heterocycles. The summed E-state index contributed by atoms with van der Waals surface area (Å²) >= 11 is 0. The van der Waals surface area contributed by atoms with Crippen LogP contribution >= 0.6 is 0 Å². The third-order valence-electron chi connectivity index (χ3n) is 3.19. The van der Waals surface area contributed by atoms with Crippen molar-refractivity contribution in [2.24, 2.45) is 0 Å². The molecule has 0 amide bonds. The van der Waals surface area contributed by atoms with Crippen molar-refractivity contribution in [3.63, 3.8) is 0 Å². The second-order valence-electron chi connectivity index (χ2n) is 4.55. The van der Waals surface area contributed by atoms with E-state index in [0.717, 1.165) is 36.4 Å². The van der Waals surface area contributed by atoms with E-state index in [0.29, 0.717) is 6.04 Å². The fourth-order valence-electron chi connectivity index (χ4n) is 2.23. The number of benzene rings is 1. The van der Waals surface area contributed by atoms with Gasteiger partial charge in [-0.3, -0.25) is 0 Å².